The number of carbonyl (C=O) groups excluding carboxylic acids is 2. The Hall–Kier alpha value is -1.95. The van der Waals surface area contributed by atoms with Crippen molar-refractivity contribution < 1.29 is 23.8 Å². The molecule has 0 saturated heterocycles. The average Bonchev–Trinajstić information content (AvgIpc) is 2.53. The highest BCUT2D eigenvalue weighted by Gasteiger charge is 2.25. The zero-order valence-electron chi connectivity index (χ0n) is 13.3. The Morgan fingerprint density at radius 3 is 2.65 bits per heavy atom. The first-order valence-corrected chi connectivity index (χ1v) is 7.78. The molecule has 1 heterocycles. The predicted octanol–water partition coefficient (Wildman–Crippen LogP) is 2.43. The van der Waals surface area contributed by atoms with E-state index in [1.807, 2.05) is 13.8 Å². The van der Waals surface area contributed by atoms with Gasteiger partial charge in [0.1, 0.15) is 19.3 Å². The van der Waals surface area contributed by atoms with Gasteiger partial charge in [-0.15, -0.1) is 0 Å². The molecule has 0 unspecified atom stereocenters. The lowest BCUT2D eigenvalue weighted by Gasteiger charge is -2.21. The molecule has 0 aliphatic carbocycles. The fourth-order valence-corrected chi connectivity index (χ4v) is 2.58. The predicted molar refractivity (Wildman–Crippen MR) is 85.2 cm³/mol. The van der Waals surface area contributed by atoms with E-state index in [9.17, 15) is 9.59 Å². The van der Waals surface area contributed by atoms with Crippen molar-refractivity contribution in [1.82, 2.24) is 5.32 Å². The van der Waals surface area contributed by atoms with Crippen molar-refractivity contribution >= 4 is 23.5 Å². The highest BCUT2D eigenvalue weighted by atomic mass is 35.5. The number of hydrogen-bond acceptors (Lipinski definition) is 5. The molecule has 1 N–H and O–H groups in total. The van der Waals surface area contributed by atoms with Gasteiger partial charge in [-0.1, -0.05) is 25.4 Å². The summed E-state index contributed by atoms with van der Waals surface area (Å²) < 4.78 is 15.6. The van der Waals surface area contributed by atoms with Gasteiger partial charge < -0.3 is 19.5 Å². The number of carbonyl (C=O) groups is 2. The maximum Gasteiger partial charge on any atom is 0.328 e. The number of amides is 1. The summed E-state index contributed by atoms with van der Waals surface area (Å²) in [6.07, 6.45) is 0.483. The molecule has 1 aliphatic rings. The number of methoxy groups -OCH3 is 1. The van der Waals surface area contributed by atoms with Crippen LogP contribution in [0.1, 0.15) is 30.6 Å². The molecule has 0 spiro atoms. The Morgan fingerprint density at radius 1 is 1.30 bits per heavy atom. The third kappa shape index (κ3) is 4.28. The second kappa shape index (κ2) is 7.55. The van der Waals surface area contributed by atoms with Crippen LogP contribution in [0.5, 0.6) is 11.5 Å². The van der Waals surface area contributed by atoms with Crippen molar-refractivity contribution in [3.63, 3.8) is 0 Å². The lowest BCUT2D eigenvalue weighted by Crippen LogP contribution is -2.42. The minimum Gasteiger partial charge on any atom is -0.486 e. The highest BCUT2D eigenvalue weighted by Crippen LogP contribution is 2.38. The number of ether oxygens (including phenoxy) is 3. The topological polar surface area (TPSA) is 73.9 Å². The van der Waals surface area contributed by atoms with Gasteiger partial charge in [0.15, 0.2) is 11.5 Å². The fraction of sp³-hybridized carbons (Fsp3) is 0.500. The van der Waals surface area contributed by atoms with Crippen LogP contribution in [-0.4, -0.2) is 38.2 Å². The minimum atomic E-state index is -0.709. The molecule has 0 saturated carbocycles. The van der Waals surface area contributed by atoms with E-state index in [0.717, 1.165) is 0 Å². The molecule has 7 heteroatoms. The van der Waals surface area contributed by atoms with Crippen LogP contribution in [0.15, 0.2) is 12.1 Å². The molecule has 1 aromatic rings. The number of esters is 1. The van der Waals surface area contributed by atoms with Crippen molar-refractivity contribution in [1.29, 1.82) is 0 Å². The summed E-state index contributed by atoms with van der Waals surface area (Å²) in [5.41, 5.74) is 0.303. The molecule has 23 heavy (non-hydrogen) atoms. The smallest absolute Gasteiger partial charge is 0.328 e. The van der Waals surface area contributed by atoms with Gasteiger partial charge in [-0.25, -0.2) is 4.79 Å². The van der Waals surface area contributed by atoms with E-state index in [1.54, 1.807) is 6.07 Å². The molecule has 6 nitrogen and oxygen atoms in total. The first-order chi connectivity index (χ1) is 10.9. The van der Waals surface area contributed by atoms with Crippen LogP contribution in [0.4, 0.5) is 0 Å². The highest BCUT2D eigenvalue weighted by molar-refractivity contribution is 6.32. The number of fused-ring (bicyclic) bond motifs is 1. The Bertz CT molecular complexity index is 602. The second-order valence-electron chi connectivity index (χ2n) is 5.66. The van der Waals surface area contributed by atoms with Gasteiger partial charge in [-0.2, -0.15) is 0 Å². The molecular weight excluding hydrogens is 322 g/mol. The van der Waals surface area contributed by atoms with Crippen molar-refractivity contribution in [2.24, 2.45) is 5.92 Å². The number of nitrogens with one attached hydrogen (secondary N) is 1. The van der Waals surface area contributed by atoms with Crippen LogP contribution >= 0.6 is 11.6 Å². The number of benzene rings is 1. The van der Waals surface area contributed by atoms with Gasteiger partial charge in [-0.05, 0) is 24.5 Å². The molecule has 0 fully saturated rings. The van der Waals surface area contributed by atoms with E-state index in [-0.39, 0.29) is 5.92 Å². The van der Waals surface area contributed by atoms with Gasteiger partial charge in [0.25, 0.3) is 5.91 Å². The first kappa shape index (κ1) is 17.4. The van der Waals surface area contributed by atoms with Gasteiger partial charge >= 0.3 is 5.97 Å². The third-order valence-electron chi connectivity index (χ3n) is 3.36. The number of hydrogen-bond donors (Lipinski definition) is 1. The molecule has 0 aromatic heterocycles. The molecule has 1 aromatic carbocycles. The lowest BCUT2D eigenvalue weighted by atomic mass is 10.0. The van der Waals surface area contributed by atoms with E-state index >= 15 is 0 Å². The van der Waals surface area contributed by atoms with Crippen molar-refractivity contribution in [3.8, 4) is 11.5 Å². The summed E-state index contributed by atoms with van der Waals surface area (Å²) >= 11 is 6.13. The standard InChI is InChI=1S/C16H20ClNO5/c1-9(2)6-12(16(20)21-3)18-15(19)10-7-11(17)14-13(8-10)22-4-5-23-14/h7-9,12H,4-6H2,1-3H3,(H,18,19)/t12-/m0/s1. The van der Waals surface area contributed by atoms with Gasteiger partial charge in [-0.3, -0.25) is 4.79 Å². The van der Waals surface area contributed by atoms with Crippen molar-refractivity contribution in [3.05, 3.63) is 22.7 Å². The van der Waals surface area contributed by atoms with Gasteiger partial charge in [0.2, 0.25) is 0 Å². The van der Waals surface area contributed by atoms with Gasteiger partial charge in [0, 0.05) is 5.56 Å². The van der Waals surface area contributed by atoms with Crippen LogP contribution in [0.3, 0.4) is 0 Å². The summed E-state index contributed by atoms with van der Waals surface area (Å²) in [7, 11) is 1.29. The fourth-order valence-electron chi connectivity index (χ4n) is 2.31. The van der Waals surface area contributed by atoms with Crippen LogP contribution in [-0.2, 0) is 9.53 Å². The quantitative estimate of drug-likeness (QED) is 0.833. The maximum absolute atomic E-state index is 12.4. The average molecular weight is 342 g/mol. The van der Waals surface area contributed by atoms with E-state index < -0.39 is 17.9 Å². The van der Waals surface area contributed by atoms with Crippen LogP contribution in [0.2, 0.25) is 5.02 Å². The summed E-state index contributed by atoms with van der Waals surface area (Å²) in [5, 5.41) is 2.98. The van der Waals surface area contributed by atoms with Crippen molar-refractivity contribution in [2.75, 3.05) is 20.3 Å². The molecule has 1 atom stereocenters. The molecule has 2 rings (SSSR count). The largest absolute Gasteiger partial charge is 0.486 e. The molecule has 1 amide bonds. The first-order valence-electron chi connectivity index (χ1n) is 7.40. The Labute approximate surface area is 140 Å². The molecule has 0 bridgehead atoms. The lowest BCUT2D eigenvalue weighted by molar-refractivity contribution is -0.143. The Balaban J connectivity index is 2.18. The molecule has 0 radical (unpaired) electrons. The minimum absolute atomic E-state index is 0.225. The van der Waals surface area contributed by atoms with E-state index in [4.69, 9.17) is 25.8 Å². The van der Waals surface area contributed by atoms with E-state index in [1.165, 1.54) is 13.2 Å². The van der Waals surface area contributed by atoms with Crippen LogP contribution in [0, 0.1) is 5.92 Å². The number of rotatable bonds is 5. The molecule has 1 aliphatic heterocycles. The van der Waals surface area contributed by atoms with Crippen molar-refractivity contribution in [2.45, 2.75) is 26.3 Å². The molecular formula is C16H20ClNO5. The van der Waals surface area contributed by atoms with Crippen LogP contribution in [0.25, 0.3) is 0 Å². The maximum atomic E-state index is 12.4. The Morgan fingerprint density at radius 2 is 2.00 bits per heavy atom. The van der Waals surface area contributed by atoms with E-state index in [2.05, 4.69) is 5.32 Å². The second-order valence-corrected chi connectivity index (χ2v) is 6.07. The third-order valence-corrected chi connectivity index (χ3v) is 3.64. The SMILES string of the molecule is COC(=O)[C@H](CC(C)C)NC(=O)c1cc(Cl)c2c(c1)OCCO2. The monoisotopic (exact) mass is 341 g/mol. The molecule has 126 valence electrons. The zero-order chi connectivity index (χ0) is 17.0. The summed E-state index contributed by atoms with van der Waals surface area (Å²) in [6.45, 7) is 4.73. The normalized spacial score (nSPS) is 14.3. The summed E-state index contributed by atoms with van der Waals surface area (Å²) in [5.74, 6) is 0.187. The zero-order valence-corrected chi connectivity index (χ0v) is 14.1. The summed E-state index contributed by atoms with van der Waals surface area (Å²) in [6, 6.07) is 2.34. The van der Waals surface area contributed by atoms with Crippen LogP contribution < -0.4 is 14.8 Å². The number of halogens is 1. The summed E-state index contributed by atoms with van der Waals surface area (Å²) in [4.78, 5) is 24.2. The van der Waals surface area contributed by atoms with Gasteiger partial charge in [0.05, 0.1) is 12.1 Å². The Kier molecular flexibility index (Phi) is 5.71. The van der Waals surface area contributed by atoms with E-state index in [0.29, 0.717) is 41.7 Å².